The van der Waals surface area contributed by atoms with E-state index in [1.807, 2.05) is 27.7 Å². The topological polar surface area (TPSA) is 152 Å². The Bertz CT molecular complexity index is 1370. The van der Waals surface area contributed by atoms with Gasteiger partial charge in [0.25, 0.3) is 11.8 Å². The summed E-state index contributed by atoms with van der Waals surface area (Å²) < 4.78 is 23.2. The minimum Gasteiger partial charge on any atom is -0.473 e. The molecular weight excluding hydrogens is 661 g/mol. The van der Waals surface area contributed by atoms with Gasteiger partial charge < -0.3 is 39.0 Å². The maximum Gasteiger partial charge on any atom is 0.311 e. The molecule has 5 fully saturated rings. The molecule has 5 saturated heterocycles. The van der Waals surface area contributed by atoms with Crippen LogP contribution < -0.4 is 0 Å². The van der Waals surface area contributed by atoms with Crippen LogP contribution in [0.5, 0.6) is 0 Å². The molecule has 7 aliphatic rings. The third-order valence-electron chi connectivity index (χ3n) is 10.9. The smallest absolute Gasteiger partial charge is 0.311 e. The molecule has 12 nitrogen and oxygen atoms in total. The van der Waals surface area contributed by atoms with Crippen molar-refractivity contribution in [3.63, 3.8) is 0 Å². The second-order valence-electron chi connectivity index (χ2n) is 13.8. The number of fused-ring (bicyclic) bond motifs is 3. The summed E-state index contributed by atoms with van der Waals surface area (Å²) in [4.78, 5) is 56.7. The van der Waals surface area contributed by atoms with Crippen molar-refractivity contribution in [2.75, 3.05) is 0 Å². The van der Waals surface area contributed by atoms with Gasteiger partial charge >= 0.3 is 11.9 Å². The van der Waals surface area contributed by atoms with Crippen LogP contribution in [0.3, 0.4) is 0 Å². The molecule has 0 aromatic rings. The van der Waals surface area contributed by atoms with E-state index in [0.29, 0.717) is 24.0 Å². The molecule has 2 bridgehead atoms. The van der Waals surface area contributed by atoms with Crippen LogP contribution in [0, 0.1) is 23.7 Å². The number of hydrogen-bond acceptors (Lipinski definition) is 12. The van der Waals surface area contributed by atoms with Gasteiger partial charge in [0.2, 0.25) is 0 Å². The average Bonchev–Trinajstić information content (AvgIpc) is 3.45. The van der Waals surface area contributed by atoms with Gasteiger partial charge in [-0.15, -0.1) is 0 Å². The van der Waals surface area contributed by atoms with Crippen molar-refractivity contribution in [1.82, 2.24) is 9.80 Å². The van der Waals surface area contributed by atoms with Crippen molar-refractivity contribution in [3.05, 3.63) is 48.3 Å². The molecule has 0 aliphatic carbocycles. The second kappa shape index (κ2) is 13.1. The highest BCUT2D eigenvalue weighted by molar-refractivity contribution is 8.78. The molecule has 0 radical (unpaired) electrons. The molecule has 14 heteroatoms. The first-order valence-corrected chi connectivity index (χ1v) is 18.8. The number of rotatable bonds is 10. The lowest BCUT2D eigenvalue weighted by Gasteiger charge is -2.58. The lowest BCUT2D eigenvalue weighted by molar-refractivity contribution is -0.174. The van der Waals surface area contributed by atoms with Crippen LogP contribution in [0.25, 0.3) is 0 Å². The summed E-state index contributed by atoms with van der Waals surface area (Å²) in [5.74, 6) is -3.76. The summed E-state index contributed by atoms with van der Waals surface area (Å²) in [5, 5.41) is 21.5. The molecule has 7 heterocycles. The van der Waals surface area contributed by atoms with Gasteiger partial charge in [0, 0.05) is 12.8 Å². The molecule has 7 aliphatic heterocycles. The van der Waals surface area contributed by atoms with E-state index in [-0.39, 0.29) is 36.5 Å². The van der Waals surface area contributed by atoms with Gasteiger partial charge in [-0.2, -0.15) is 0 Å². The number of piperazine rings is 1. The quantitative estimate of drug-likeness (QED) is 0.252. The summed E-state index contributed by atoms with van der Waals surface area (Å²) in [5.41, 5.74) is 1.24. The summed E-state index contributed by atoms with van der Waals surface area (Å²) in [6.45, 7) is 10.8. The molecule has 2 amide bonds. The molecule has 262 valence electrons. The first kappa shape index (κ1) is 34.9. The Morgan fingerprint density at radius 2 is 1.17 bits per heavy atom. The van der Waals surface area contributed by atoms with Crippen molar-refractivity contribution in [2.45, 2.75) is 113 Å². The largest absolute Gasteiger partial charge is 0.473 e. The first-order chi connectivity index (χ1) is 22.8. The van der Waals surface area contributed by atoms with Crippen molar-refractivity contribution in [3.8, 4) is 0 Å². The molecule has 12 atom stereocenters. The maximum atomic E-state index is 14.8. The number of nitrogens with zero attached hydrogens (tertiary/aromatic N) is 2. The fourth-order valence-corrected chi connectivity index (χ4v) is 11.2. The van der Waals surface area contributed by atoms with E-state index >= 15 is 0 Å². The first-order valence-electron chi connectivity index (χ1n) is 16.7. The third-order valence-corrected chi connectivity index (χ3v) is 14.5. The van der Waals surface area contributed by atoms with E-state index in [0.717, 1.165) is 0 Å². The Morgan fingerprint density at radius 3 is 1.52 bits per heavy atom. The maximum absolute atomic E-state index is 14.8. The fraction of sp³-hybridized carbons (Fsp3) is 0.647. The van der Waals surface area contributed by atoms with Crippen LogP contribution in [0.4, 0.5) is 0 Å². The molecule has 0 aromatic heterocycles. The van der Waals surface area contributed by atoms with E-state index in [1.54, 1.807) is 35.8 Å². The summed E-state index contributed by atoms with van der Waals surface area (Å²) in [6.07, 6.45) is 6.80. The Morgan fingerprint density at radius 1 is 0.792 bits per heavy atom. The van der Waals surface area contributed by atoms with Crippen LogP contribution >= 0.6 is 21.6 Å². The summed E-state index contributed by atoms with van der Waals surface area (Å²) in [6, 6.07) is -1.62. The number of carbonyl (C=O) groups excluding carboxylic acids is 4. The molecule has 0 saturated carbocycles. The molecule has 0 aromatic carbocycles. The SMILES string of the molecule is CC[C@H](C)[C@H](O)[C@@H](C)C(=O)O[C@H]1C=COC=C2C[C@]34SS[C@@]5(CC6=COC=C[C@H](OC(=O)[C@H](C)[C@@H](O)[C@@H](C)CC)[C@H]6N5C3=O)C(=O)N4[C@@H]21. The molecular formula is C34H44N2O10S2. The molecule has 7 rings (SSSR count). The molecule has 0 unspecified atom stereocenters. The highest BCUT2D eigenvalue weighted by Gasteiger charge is 2.78. The van der Waals surface area contributed by atoms with E-state index in [2.05, 4.69) is 0 Å². The number of aliphatic hydroxyl groups is 2. The molecule has 48 heavy (non-hydrogen) atoms. The number of esters is 2. The van der Waals surface area contributed by atoms with Crippen molar-refractivity contribution in [1.29, 1.82) is 0 Å². The van der Waals surface area contributed by atoms with Crippen LogP contribution in [-0.4, -0.2) is 90.0 Å². The number of aliphatic hydroxyl groups excluding tert-OH is 2. The number of ether oxygens (including phenoxy) is 4. The van der Waals surface area contributed by atoms with Crippen molar-refractivity contribution in [2.24, 2.45) is 23.7 Å². The van der Waals surface area contributed by atoms with Crippen molar-refractivity contribution >= 4 is 45.3 Å². The van der Waals surface area contributed by atoms with Crippen LogP contribution in [-0.2, 0) is 38.1 Å². The predicted octanol–water partition coefficient (Wildman–Crippen LogP) is 3.75. The predicted molar refractivity (Wildman–Crippen MR) is 177 cm³/mol. The standard InChI is InChI=1S/C34H44N2O10S2/c1-7-17(3)27(37)19(5)29(39)45-23-9-11-43-15-21-13-33-32(42)36-26-22(14-34(36,48-47-33)31(41)35(33)25(21)23)16-44-12-10-24(26)46-30(40)20(6)28(38)18(4)8-2/h9-12,15-20,23-28,37-38H,7-8,13-14H2,1-6H3/t17-,18-,19+,20+,23-,24-,25-,26-,27-,28-,33-,34-/m0/s1. The third kappa shape index (κ3) is 5.28. The van der Waals surface area contributed by atoms with E-state index < -0.39 is 70.0 Å². The molecule has 2 spiro atoms. The van der Waals surface area contributed by atoms with E-state index in [1.165, 1.54) is 46.6 Å². The van der Waals surface area contributed by atoms with Gasteiger partial charge in [0.1, 0.15) is 12.2 Å². The molecule has 2 N–H and O–H groups in total. The zero-order chi connectivity index (χ0) is 34.7. The van der Waals surface area contributed by atoms with Gasteiger partial charge in [-0.3, -0.25) is 19.2 Å². The highest BCUT2D eigenvalue weighted by atomic mass is 33.1. The lowest BCUT2D eigenvalue weighted by Crippen LogP contribution is -2.77. The van der Waals surface area contributed by atoms with Crippen LogP contribution in [0.1, 0.15) is 67.2 Å². The van der Waals surface area contributed by atoms with Crippen LogP contribution in [0.2, 0.25) is 0 Å². The van der Waals surface area contributed by atoms with Crippen LogP contribution in [0.15, 0.2) is 48.3 Å². The fourth-order valence-electron chi connectivity index (χ4n) is 7.46. The minimum atomic E-state index is -1.37. The van der Waals surface area contributed by atoms with E-state index in [9.17, 15) is 29.4 Å². The van der Waals surface area contributed by atoms with E-state index in [4.69, 9.17) is 18.9 Å². The van der Waals surface area contributed by atoms with Gasteiger partial charge in [0.15, 0.2) is 9.74 Å². The Labute approximate surface area is 288 Å². The zero-order valence-corrected chi connectivity index (χ0v) is 29.6. The number of amides is 2. The normalized spacial score (nSPS) is 35.2. The minimum absolute atomic E-state index is 0.124. The number of carbonyl (C=O) groups is 4. The zero-order valence-electron chi connectivity index (χ0n) is 27.9. The summed E-state index contributed by atoms with van der Waals surface area (Å²) in [7, 11) is 2.61. The Kier molecular flexibility index (Phi) is 9.50. The lowest BCUT2D eigenvalue weighted by atomic mass is 9.91. The van der Waals surface area contributed by atoms with Gasteiger partial charge in [-0.05, 0) is 49.0 Å². The summed E-state index contributed by atoms with van der Waals surface area (Å²) >= 11 is 0. The monoisotopic (exact) mass is 704 g/mol. The Balaban J connectivity index is 1.31. The van der Waals surface area contributed by atoms with Gasteiger partial charge in [0.05, 0.1) is 61.2 Å². The van der Waals surface area contributed by atoms with Gasteiger partial charge in [-0.1, -0.05) is 62.1 Å². The average molecular weight is 705 g/mol. The second-order valence-corrected chi connectivity index (χ2v) is 16.5. The number of hydrogen-bond donors (Lipinski definition) is 2. The Hall–Kier alpha value is -2.94. The van der Waals surface area contributed by atoms with Crippen molar-refractivity contribution < 1.29 is 48.3 Å². The highest BCUT2D eigenvalue weighted by Crippen LogP contribution is 2.69. The van der Waals surface area contributed by atoms with Gasteiger partial charge in [-0.25, -0.2) is 0 Å².